The number of thiol groups is 1. The number of hydrogen-bond acceptors (Lipinski definition) is 2. The topological polar surface area (TPSA) is 41.1 Å². The number of rotatable bonds is 4. The van der Waals surface area contributed by atoms with Crippen LogP contribution in [0, 0.1) is 5.82 Å². The lowest BCUT2D eigenvalue weighted by atomic mass is 10.1. The first-order valence-corrected chi connectivity index (χ1v) is 6.67. The van der Waals surface area contributed by atoms with Crippen LogP contribution in [0.1, 0.15) is 5.56 Å². The van der Waals surface area contributed by atoms with Gasteiger partial charge in [0.2, 0.25) is 0 Å². The lowest BCUT2D eigenvalue weighted by Gasteiger charge is -2.09. The minimum absolute atomic E-state index is 0.259. The summed E-state index contributed by atoms with van der Waals surface area (Å²) in [4.78, 5) is 12.4. The molecular formula is C15H15FN2OS. The van der Waals surface area contributed by atoms with E-state index in [0.29, 0.717) is 23.5 Å². The van der Waals surface area contributed by atoms with Gasteiger partial charge in [0.15, 0.2) is 0 Å². The van der Waals surface area contributed by atoms with E-state index in [1.54, 1.807) is 24.3 Å². The molecular weight excluding hydrogens is 275 g/mol. The van der Waals surface area contributed by atoms with E-state index in [1.807, 2.05) is 12.1 Å². The smallest absolute Gasteiger partial charge is 0.319 e. The van der Waals surface area contributed by atoms with Crippen molar-refractivity contribution in [3.8, 4) is 0 Å². The second-order valence-electron chi connectivity index (χ2n) is 4.27. The third-order valence-corrected chi connectivity index (χ3v) is 3.15. The van der Waals surface area contributed by atoms with Crippen LogP contribution in [0.4, 0.5) is 14.9 Å². The molecule has 0 radical (unpaired) electrons. The fraction of sp³-hybridized carbons (Fsp3) is 0.133. The molecule has 2 rings (SSSR count). The first kappa shape index (κ1) is 14.4. The number of nitrogens with one attached hydrogen (secondary N) is 2. The summed E-state index contributed by atoms with van der Waals surface area (Å²) in [5, 5.41) is 5.46. The molecule has 0 unspecified atom stereocenters. The molecule has 3 nitrogen and oxygen atoms in total. The molecule has 104 valence electrons. The van der Waals surface area contributed by atoms with Gasteiger partial charge >= 0.3 is 6.03 Å². The third-order valence-electron chi connectivity index (χ3n) is 2.76. The highest BCUT2D eigenvalue weighted by Gasteiger charge is 2.03. The molecule has 0 fully saturated rings. The van der Waals surface area contributed by atoms with E-state index >= 15 is 0 Å². The zero-order valence-electron chi connectivity index (χ0n) is 10.8. The van der Waals surface area contributed by atoms with Crippen LogP contribution in [-0.4, -0.2) is 12.6 Å². The van der Waals surface area contributed by atoms with E-state index in [4.69, 9.17) is 0 Å². The van der Waals surface area contributed by atoms with Gasteiger partial charge in [-0.15, -0.1) is 12.6 Å². The van der Waals surface area contributed by atoms with E-state index in [0.717, 1.165) is 5.56 Å². The van der Waals surface area contributed by atoms with Crippen molar-refractivity contribution in [1.82, 2.24) is 5.32 Å². The monoisotopic (exact) mass is 290 g/mol. The molecule has 2 aromatic carbocycles. The van der Waals surface area contributed by atoms with Crippen LogP contribution < -0.4 is 10.6 Å². The molecule has 0 atom stereocenters. The number of halogens is 1. The molecule has 2 aromatic rings. The molecule has 0 aliphatic heterocycles. The van der Waals surface area contributed by atoms with Crippen molar-refractivity contribution in [2.75, 3.05) is 11.9 Å². The van der Waals surface area contributed by atoms with E-state index in [1.165, 1.54) is 12.1 Å². The van der Waals surface area contributed by atoms with Gasteiger partial charge in [0.05, 0.1) is 5.69 Å². The molecule has 0 heterocycles. The van der Waals surface area contributed by atoms with Crippen molar-refractivity contribution < 1.29 is 9.18 Å². The van der Waals surface area contributed by atoms with Gasteiger partial charge in [0.1, 0.15) is 5.82 Å². The van der Waals surface area contributed by atoms with Crippen LogP contribution in [0.5, 0.6) is 0 Å². The number of hydrogen-bond donors (Lipinski definition) is 3. The summed E-state index contributed by atoms with van der Waals surface area (Å²) in [6.07, 6.45) is 0.649. The maximum Gasteiger partial charge on any atom is 0.319 e. The quantitative estimate of drug-likeness (QED) is 0.741. The first-order valence-electron chi connectivity index (χ1n) is 6.22. The summed E-state index contributed by atoms with van der Waals surface area (Å²) in [6.45, 7) is 0.478. The van der Waals surface area contributed by atoms with Gasteiger partial charge in [-0.3, -0.25) is 0 Å². The van der Waals surface area contributed by atoms with Crippen molar-refractivity contribution in [3.63, 3.8) is 0 Å². The summed E-state index contributed by atoms with van der Waals surface area (Å²) in [6, 6.07) is 13.2. The molecule has 0 saturated heterocycles. The Hall–Kier alpha value is -2.01. The minimum Gasteiger partial charge on any atom is -0.338 e. The zero-order valence-corrected chi connectivity index (χ0v) is 11.7. The Morgan fingerprint density at radius 1 is 1.10 bits per heavy atom. The summed E-state index contributed by atoms with van der Waals surface area (Å²) in [5.74, 6) is -0.259. The van der Waals surface area contributed by atoms with E-state index < -0.39 is 0 Å². The molecule has 2 amide bonds. The fourth-order valence-corrected chi connectivity index (χ4v) is 1.93. The summed E-state index contributed by atoms with van der Waals surface area (Å²) in [7, 11) is 0. The summed E-state index contributed by atoms with van der Waals surface area (Å²) < 4.78 is 12.7. The predicted octanol–water partition coefficient (Wildman–Crippen LogP) is 3.48. The zero-order chi connectivity index (χ0) is 14.4. The molecule has 0 aliphatic carbocycles. The lowest BCUT2D eigenvalue weighted by molar-refractivity contribution is 0.252. The van der Waals surface area contributed by atoms with Crippen molar-refractivity contribution in [3.05, 3.63) is 59.9 Å². The summed E-state index contributed by atoms with van der Waals surface area (Å²) in [5.41, 5.74) is 1.64. The molecule has 0 aliphatic rings. The van der Waals surface area contributed by atoms with E-state index in [2.05, 4.69) is 23.3 Å². The molecule has 20 heavy (non-hydrogen) atoms. The number of carbonyl (C=O) groups excluding carboxylic acids is 1. The average Bonchev–Trinajstić information content (AvgIpc) is 2.44. The van der Waals surface area contributed by atoms with Gasteiger partial charge in [0.25, 0.3) is 0 Å². The Morgan fingerprint density at radius 3 is 2.50 bits per heavy atom. The van der Waals surface area contributed by atoms with Gasteiger partial charge in [-0.25, -0.2) is 9.18 Å². The van der Waals surface area contributed by atoms with Gasteiger partial charge in [0, 0.05) is 11.4 Å². The van der Waals surface area contributed by atoms with Crippen LogP contribution in [0.15, 0.2) is 53.4 Å². The van der Waals surface area contributed by atoms with Crippen LogP contribution in [0.2, 0.25) is 0 Å². The average molecular weight is 290 g/mol. The fourth-order valence-electron chi connectivity index (χ4n) is 1.72. The standard InChI is InChI=1S/C15H15FN2OS/c16-12-7-5-11(6-8-12)9-10-17-15(19)18-13-3-1-2-4-14(13)20/h1-8,20H,9-10H2,(H2,17,18,19). The van der Waals surface area contributed by atoms with Gasteiger partial charge in [-0.05, 0) is 36.2 Å². The number of carbonyl (C=O) groups is 1. The van der Waals surface area contributed by atoms with E-state index in [9.17, 15) is 9.18 Å². The second-order valence-corrected chi connectivity index (χ2v) is 4.76. The predicted molar refractivity (Wildman–Crippen MR) is 80.8 cm³/mol. The maximum absolute atomic E-state index is 12.7. The molecule has 0 saturated carbocycles. The van der Waals surface area contributed by atoms with Gasteiger partial charge in [-0.2, -0.15) is 0 Å². The highest BCUT2D eigenvalue weighted by Crippen LogP contribution is 2.18. The second kappa shape index (κ2) is 6.96. The van der Waals surface area contributed by atoms with Crippen molar-refractivity contribution in [2.45, 2.75) is 11.3 Å². The van der Waals surface area contributed by atoms with Crippen molar-refractivity contribution in [1.29, 1.82) is 0 Å². The number of benzene rings is 2. The Bertz CT molecular complexity index is 587. The van der Waals surface area contributed by atoms with Gasteiger partial charge in [-0.1, -0.05) is 24.3 Å². The maximum atomic E-state index is 12.7. The first-order chi connectivity index (χ1) is 9.65. The Kier molecular flexibility index (Phi) is 5.01. The Labute approximate surface area is 122 Å². The Morgan fingerprint density at radius 2 is 1.80 bits per heavy atom. The normalized spacial score (nSPS) is 10.1. The molecule has 0 aromatic heterocycles. The highest BCUT2D eigenvalue weighted by molar-refractivity contribution is 7.80. The van der Waals surface area contributed by atoms with Crippen LogP contribution in [-0.2, 0) is 6.42 Å². The van der Waals surface area contributed by atoms with E-state index in [-0.39, 0.29) is 11.8 Å². The molecule has 0 spiro atoms. The number of anilines is 1. The lowest BCUT2D eigenvalue weighted by Crippen LogP contribution is -2.30. The largest absolute Gasteiger partial charge is 0.338 e. The number of para-hydroxylation sites is 1. The Balaban J connectivity index is 1.78. The molecule has 0 bridgehead atoms. The SMILES string of the molecule is O=C(NCCc1ccc(F)cc1)Nc1ccccc1S. The minimum atomic E-state index is -0.284. The third kappa shape index (κ3) is 4.28. The van der Waals surface area contributed by atoms with Crippen LogP contribution in [0.3, 0.4) is 0 Å². The van der Waals surface area contributed by atoms with Crippen molar-refractivity contribution >= 4 is 24.3 Å². The van der Waals surface area contributed by atoms with Crippen LogP contribution >= 0.6 is 12.6 Å². The highest BCUT2D eigenvalue weighted by atomic mass is 32.1. The number of amides is 2. The van der Waals surface area contributed by atoms with Crippen molar-refractivity contribution in [2.24, 2.45) is 0 Å². The van der Waals surface area contributed by atoms with Gasteiger partial charge < -0.3 is 10.6 Å². The number of urea groups is 1. The molecule has 2 N–H and O–H groups in total. The van der Waals surface area contributed by atoms with Crippen LogP contribution in [0.25, 0.3) is 0 Å². The molecule has 5 heteroatoms. The summed E-state index contributed by atoms with van der Waals surface area (Å²) >= 11 is 4.25.